The van der Waals surface area contributed by atoms with Gasteiger partial charge in [-0.3, -0.25) is 9.78 Å². The molecule has 0 unspecified atom stereocenters. The molecular weight excluding hydrogens is 527 g/mol. The lowest BCUT2D eigenvalue weighted by molar-refractivity contribution is -0.141. The summed E-state index contributed by atoms with van der Waals surface area (Å²) < 4.78 is 51.8. The number of alkyl carbamates (subject to hydrolysis) is 1. The van der Waals surface area contributed by atoms with Gasteiger partial charge in [-0.1, -0.05) is 0 Å². The second kappa shape index (κ2) is 10.8. The van der Waals surface area contributed by atoms with Gasteiger partial charge in [0.25, 0.3) is 5.91 Å². The molecule has 2 amide bonds. The molecule has 0 spiro atoms. The summed E-state index contributed by atoms with van der Waals surface area (Å²) in [6, 6.07) is 2.29. The third kappa shape index (κ3) is 6.76. The molecule has 40 heavy (non-hydrogen) atoms. The molecule has 2 aliphatic rings. The minimum atomic E-state index is -4.67. The van der Waals surface area contributed by atoms with E-state index in [9.17, 15) is 22.8 Å². The van der Waals surface area contributed by atoms with Gasteiger partial charge in [-0.2, -0.15) is 13.2 Å². The van der Waals surface area contributed by atoms with E-state index in [2.05, 4.69) is 20.6 Å². The molecule has 2 N–H and O–H groups in total. The first-order valence-electron chi connectivity index (χ1n) is 13.3. The summed E-state index contributed by atoms with van der Waals surface area (Å²) in [6.45, 7) is 9.76. The number of nitrogens with zero attached hydrogens (tertiary/aromatic N) is 3. The highest BCUT2D eigenvalue weighted by molar-refractivity contribution is 6.04. The van der Waals surface area contributed by atoms with Crippen molar-refractivity contribution in [2.24, 2.45) is 5.92 Å². The Bertz CT molecular complexity index is 1280. The summed E-state index contributed by atoms with van der Waals surface area (Å²) >= 11 is 0. The maximum atomic E-state index is 13.6. The predicted molar refractivity (Wildman–Crippen MR) is 143 cm³/mol. The number of alkyl halides is 3. The van der Waals surface area contributed by atoms with E-state index in [1.165, 1.54) is 19.4 Å². The van der Waals surface area contributed by atoms with Crippen LogP contribution in [0.25, 0.3) is 11.1 Å². The highest BCUT2D eigenvalue weighted by atomic mass is 19.4. The summed E-state index contributed by atoms with van der Waals surface area (Å²) in [7, 11) is 1.37. The number of rotatable bonds is 7. The zero-order valence-corrected chi connectivity index (χ0v) is 23.6. The van der Waals surface area contributed by atoms with Crippen LogP contribution in [0.4, 0.5) is 23.7 Å². The molecule has 9 nitrogen and oxygen atoms in total. The Balaban J connectivity index is 1.79. The van der Waals surface area contributed by atoms with E-state index in [4.69, 9.17) is 9.47 Å². The molecule has 3 heterocycles. The first kappa shape index (κ1) is 29.4. The molecule has 0 radical (unpaired) electrons. The van der Waals surface area contributed by atoms with Crippen molar-refractivity contribution in [2.45, 2.75) is 77.2 Å². The first-order valence-corrected chi connectivity index (χ1v) is 13.3. The average molecular weight is 564 g/mol. The van der Waals surface area contributed by atoms with Gasteiger partial charge in [-0.05, 0) is 77.5 Å². The Morgan fingerprint density at radius 1 is 1.20 bits per heavy atom. The number of aromatic nitrogens is 2. The van der Waals surface area contributed by atoms with E-state index in [-0.39, 0.29) is 41.1 Å². The Labute approximate surface area is 231 Å². The van der Waals surface area contributed by atoms with E-state index in [1.807, 2.05) is 18.7 Å². The molecule has 1 saturated heterocycles. The van der Waals surface area contributed by atoms with Gasteiger partial charge in [0, 0.05) is 31.5 Å². The highest BCUT2D eigenvalue weighted by Gasteiger charge is 2.40. The van der Waals surface area contributed by atoms with E-state index in [0.717, 1.165) is 25.1 Å². The van der Waals surface area contributed by atoms with Crippen LogP contribution in [-0.4, -0.2) is 59.3 Å². The number of methoxy groups -OCH3 is 1. The molecule has 1 aliphatic carbocycles. The van der Waals surface area contributed by atoms with Crippen molar-refractivity contribution in [3.05, 3.63) is 35.8 Å². The number of amides is 2. The Hall–Kier alpha value is -3.57. The van der Waals surface area contributed by atoms with Gasteiger partial charge in [0.1, 0.15) is 11.3 Å². The third-order valence-electron chi connectivity index (χ3n) is 7.07. The number of anilines is 1. The number of pyridine rings is 2. The van der Waals surface area contributed by atoms with Gasteiger partial charge in [0.2, 0.25) is 5.88 Å². The number of hydrogen-bond acceptors (Lipinski definition) is 7. The smallest absolute Gasteiger partial charge is 0.433 e. The number of carbonyl (C=O) groups excluding carboxylic acids is 2. The Morgan fingerprint density at radius 2 is 1.90 bits per heavy atom. The number of carbonyl (C=O) groups is 2. The van der Waals surface area contributed by atoms with E-state index in [0.29, 0.717) is 24.6 Å². The van der Waals surface area contributed by atoms with Crippen LogP contribution in [0, 0.1) is 5.92 Å². The summed E-state index contributed by atoms with van der Waals surface area (Å²) in [5, 5.41) is 5.95. The molecule has 0 bridgehead atoms. The summed E-state index contributed by atoms with van der Waals surface area (Å²) in [5.74, 6) is 0.0696. The topological polar surface area (TPSA) is 106 Å². The molecular formula is C28H36F3N5O4. The number of halogens is 3. The second-order valence-electron chi connectivity index (χ2n) is 11.8. The molecule has 2 aromatic rings. The van der Waals surface area contributed by atoms with Crippen LogP contribution < -0.4 is 20.3 Å². The maximum absolute atomic E-state index is 13.6. The minimum absolute atomic E-state index is 0.0646. The fraction of sp³-hybridized carbons (Fsp3) is 0.571. The molecule has 4 rings (SSSR count). The van der Waals surface area contributed by atoms with Crippen molar-refractivity contribution in [2.75, 3.05) is 25.1 Å². The zero-order chi connectivity index (χ0) is 29.5. The van der Waals surface area contributed by atoms with Gasteiger partial charge in [-0.25, -0.2) is 9.78 Å². The van der Waals surface area contributed by atoms with E-state index < -0.39 is 29.1 Å². The van der Waals surface area contributed by atoms with E-state index >= 15 is 0 Å². The van der Waals surface area contributed by atoms with Crippen LogP contribution in [0.5, 0.6) is 5.88 Å². The number of ether oxygens (including phenoxy) is 2. The van der Waals surface area contributed by atoms with Crippen LogP contribution in [0.2, 0.25) is 0 Å². The fourth-order valence-electron chi connectivity index (χ4n) is 4.94. The van der Waals surface area contributed by atoms with Crippen LogP contribution in [-0.2, 0) is 10.9 Å². The first-order chi connectivity index (χ1) is 18.6. The van der Waals surface area contributed by atoms with Gasteiger partial charge in [0.05, 0.1) is 29.5 Å². The molecule has 2 fully saturated rings. The largest absolute Gasteiger partial charge is 0.480 e. The molecule has 12 heteroatoms. The van der Waals surface area contributed by atoms with Crippen LogP contribution in [0.3, 0.4) is 0 Å². The minimum Gasteiger partial charge on any atom is -0.480 e. The maximum Gasteiger partial charge on any atom is 0.433 e. The molecule has 1 aliphatic heterocycles. The SMILES string of the molecule is COc1ncc(C(=O)N[C@@H](C)C2CC2)c(N2CC[C@](C)(NC(=O)OC(C)(C)C)C2)c1-c1ccnc(C(F)(F)F)c1. The average Bonchev–Trinajstić information content (AvgIpc) is 3.63. The van der Waals surface area contributed by atoms with Gasteiger partial charge in [-0.15, -0.1) is 0 Å². The normalized spacial score (nSPS) is 20.2. The van der Waals surface area contributed by atoms with Crippen molar-refractivity contribution < 1.29 is 32.2 Å². The fourth-order valence-corrected chi connectivity index (χ4v) is 4.94. The molecule has 1 saturated carbocycles. The second-order valence-corrected chi connectivity index (χ2v) is 11.8. The van der Waals surface area contributed by atoms with Crippen molar-refractivity contribution in [3.8, 4) is 17.0 Å². The van der Waals surface area contributed by atoms with Crippen LogP contribution >= 0.6 is 0 Å². The van der Waals surface area contributed by atoms with Crippen LogP contribution in [0.1, 0.15) is 69.9 Å². The molecule has 2 aromatic heterocycles. The van der Waals surface area contributed by atoms with Crippen molar-refractivity contribution in [3.63, 3.8) is 0 Å². The van der Waals surface area contributed by atoms with Crippen molar-refractivity contribution >= 4 is 17.7 Å². The highest BCUT2D eigenvalue weighted by Crippen LogP contribution is 2.43. The Morgan fingerprint density at radius 3 is 2.50 bits per heavy atom. The molecule has 2 atom stereocenters. The third-order valence-corrected chi connectivity index (χ3v) is 7.07. The number of nitrogens with one attached hydrogen (secondary N) is 2. The summed E-state index contributed by atoms with van der Waals surface area (Å²) in [4.78, 5) is 35.8. The van der Waals surface area contributed by atoms with Gasteiger partial charge >= 0.3 is 12.3 Å². The lowest BCUT2D eigenvalue weighted by Gasteiger charge is -2.30. The molecule has 218 valence electrons. The summed E-state index contributed by atoms with van der Waals surface area (Å²) in [5.41, 5.74) is -1.53. The van der Waals surface area contributed by atoms with Crippen molar-refractivity contribution in [1.29, 1.82) is 0 Å². The van der Waals surface area contributed by atoms with Gasteiger partial charge in [0.15, 0.2) is 0 Å². The quantitative estimate of drug-likeness (QED) is 0.478. The predicted octanol–water partition coefficient (Wildman–Crippen LogP) is 5.19. The monoisotopic (exact) mass is 563 g/mol. The lowest BCUT2D eigenvalue weighted by atomic mass is 9.99. The molecule has 0 aromatic carbocycles. The number of hydrogen-bond donors (Lipinski definition) is 2. The standard InChI is InChI=1S/C28H36F3N5O4/c1-16(17-7-8-17)34-23(37)19-14-33-24(39-6)21(18-9-11-32-20(13-18)28(29,30)31)22(19)36-12-10-27(5,15-36)35-25(38)40-26(2,3)4/h9,11,13-14,16-17H,7-8,10,12,15H2,1-6H3,(H,34,37)(H,35,38)/t16-,27-/m0/s1. The van der Waals surface area contributed by atoms with Gasteiger partial charge < -0.3 is 25.0 Å². The zero-order valence-electron chi connectivity index (χ0n) is 23.6. The summed E-state index contributed by atoms with van der Waals surface area (Å²) in [6.07, 6.45) is -0.243. The van der Waals surface area contributed by atoms with Crippen molar-refractivity contribution in [1.82, 2.24) is 20.6 Å². The van der Waals surface area contributed by atoms with E-state index in [1.54, 1.807) is 20.8 Å². The lowest BCUT2D eigenvalue weighted by Crippen LogP contribution is -2.49. The Kier molecular flexibility index (Phi) is 7.92. The van der Waals surface area contributed by atoms with Crippen LogP contribution in [0.15, 0.2) is 24.5 Å².